The Labute approximate surface area is 139 Å². The Morgan fingerprint density at radius 3 is 1.96 bits per heavy atom. The van der Waals surface area contributed by atoms with E-state index in [2.05, 4.69) is 5.32 Å². The molecule has 1 aliphatic heterocycles. The Morgan fingerprint density at radius 1 is 1.00 bits per heavy atom. The molecule has 0 spiro atoms. The zero-order chi connectivity index (χ0) is 16.6. The monoisotopic (exact) mass is 322 g/mol. The normalized spacial score (nSPS) is 23.0. The van der Waals surface area contributed by atoms with E-state index in [9.17, 15) is 9.59 Å². The van der Waals surface area contributed by atoms with Gasteiger partial charge in [-0.25, -0.2) is 4.79 Å². The Hall–Kier alpha value is -1.26. The van der Waals surface area contributed by atoms with Crippen molar-refractivity contribution < 1.29 is 14.3 Å². The van der Waals surface area contributed by atoms with Gasteiger partial charge in [0.25, 0.3) is 0 Å². The molecule has 3 fully saturated rings. The maximum Gasteiger partial charge on any atom is 0.410 e. The minimum absolute atomic E-state index is 0.0497. The zero-order valence-electron chi connectivity index (χ0n) is 14.6. The first-order chi connectivity index (χ1) is 10.8. The number of hydrogen-bond acceptors (Lipinski definition) is 3. The van der Waals surface area contributed by atoms with Gasteiger partial charge in [0.15, 0.2) is 0 Å². The molecule has 2 saturated carbocycles. The van der Waals surface area contributed by atoms with Crippen LogP contribution < -0.4 is 5.32 Å². The summed E-state index contributed by atoms with van der Waals surface area (Å²) in [4.78, 5) is 26.3. The van der Waals surface area contributed by atoms with Crippen LogP contribution in [0.3, 0.4) is 0 Å². The quantitative estimate of drug-likeness (QED) is 0.866. The summed E-state index contributed by atoms with van der Waals surface area (Å²) >= 11 is 0. The Balaban J connectivity index is 1.44. The zero-order valence-corrected chi connectivity index (χ0v) is 14.6. The summed E-state index contributed by atoms with van der Waals surface area (Å²) in [5.41, 5.74) is -0.465. The van der Waals surface area contributed by atoms with Gasteiger partial charge in [-0.05, 0) is 71.1 Å². The molecular weight excluding hydrogens is 292 g/mol. The molecule has 3 rings (SSSR count). The summed E-state index contributed by atoms with van der Waals surface area (Å²) in [7, 11) is 0. The number of carbonyl (C=O) groups excluding carboxylic acids is 2. The Morgan fingerprint density at radius 2 is 1.52 bits per heavy atom. The van der Waals surface area contributed by atoms with Crippen molar-refractivity contribution in [2.45, 2.75) is 70.9 Å². The van der Waals surface area contributed by atoms with Gasteiger partial charge in [-0.1, -0.05) is 0 Å². The summed E-state index contributed by atoms with van der Waals surface area (Å²) in [6, 6.07) is 0.423. The fourth-order valence-corrected chi connectivity index (χ4v) is 3.46. The molecule has 0 aromatic carbocycles. The number of piperidine rings is 1. The molecule has 130 valence electrons. The predicted molar refractivity (Wildman–Crippen MR) is 87.9 cm³/mol. The standard InChI is InChI=1S/C18H30N2O3/c1-18(2,3)23-17(22)20-10-8-14(9-11-20)16(21)19-15(12-4-5-12)13-6-7-13/h12-15H,4-11H2,1-3H3,(H,19,21). The number of hydrogen-bond donors (Lipinski definition) is 1. The van der Waals surface area contributed by atoms with Crippen LogP contribution in [0, 0.1) is 17.8 Å². The van der Waals surface area contributed by atoms with Crippen molar-refractivity contribution in [1.82, 2.24) is 10.2 Å². The van der Waals surface area contributed by atoms with E-state index in [0.717, 1.165) is 24.7 Å². The van der Waals surface area contributed by atoms with Crippen LogP contribution in [0.2, 0.25) is 0 Å². The number of nitrogens with zero attached hydrogens (tertiary/aromatic N) is 1. The van der Waals surface area contributed by atoms with Crippen molar-refractivity contribution in [2.24, 2.45) is 17.8 Å². The lowest BCUT2D eigenvalue weighted by atomic mass is 9.95. The highest BCUT2D eigenvalue weighted by atomic mass is 16.6. The van der Waals surface area contributed by atoms with E-state index in [1.807, 2.05) is 20.8 Å². The number of likely N-dealkylation sites (tertiary alicyclic amines) is 1. The number of rotatable bonds is 4. The van der Waals surface area contributed by atoms with E-state index in [1.165, 1.54) is 25.7 Å². The van der Waals surface area contributed by atoms with Crippen LogP contribution in [0.1, 0.15) is 59.3 Å². The highest BCUT2D eigenvalue weighted by molar-refractivity contribution is 5.79. The fraction of sp³-hybridized carbons (Fsp3) is 0.889. The summed E-state index contributed by atoms with van der Waals surface area (Å²) in [6.45, 7) is 6.86. The lowest BCUT2D eigenvalue weighted by molar-refractivity contribution is -0.127. The molecule has 1 saturated heterocycles. The summed E-state index contributed by atoms with van der Waals surface area (Å²) in [5, 5.41) is 3.32. The van der Waals surface area contributed by atoms with Gasteiger partial charge in [-0.15, -0.1) is 0 Å². The van der Waals surface area contributed by atoms with Gasteiger partial charge < -0.3 is 15.0 Å². The molecule has 2 amide bonds. The first kappa shape index (κ1) is 16.6. The highest BCUT2D eigenvalue weighted by Gasteiger charge is 2.43. The summed E-state index contributed by atoms with van der Waals surface area (Å²) in [5.74, 6) is 1.72. The van der Waals surface area contributed by atoms with Gasteiger partial charge in [0.05, 0.1) is 0 Å². The summed E-state index contributed by atoms with van der Waals surface area (Å²) < 4.78 is 5.40. The molecule has 1 N–H and O–H groups in total. The number of ether oxygens (including phenoxy) is 1. The second-order valence-electron chi connectivity index (χ2n) is 8.45. The van der Waals surface area contributed by atoms with Crippen LogP contribution in [0.25, 0.3) is 0 Å². The van der Waals surface area contributed by atoms with Gasteiger partial charge in [0.1, 0.15) is 5.60 Å². The van der Waals surface area contributed by atoms with E-state index in [0.29, 0.717) is 19.1 Å². The first-order valence-corrected chi connectivity index (χ1v) is 9.12. The number of carbonyl (C=O) groups is 2. The third-order valence-corrected chi connectivity index (χ3v) is 5.09. The van der Waals surface area contributed by atoms with E-state index >= 15 is 0 Å². The van der Waals surface area contributed by atoms with Crippen LogP contribution >= 0.6 is 0 Å². The van der Waals surface area contributed by atoms with Crippen molar-refractivity contribution in [1.29, 1.82) is 0 Å². The van der Waals surface area contributed by atoms with Crippen LogP contribution in [-0.4, -0.2) is 41.6 Å². The third-order valence-electron chi connectivity index (χ3n) is 5.09. The van der Waals surface area contributed by atoms with Crippen LogP contribution in [0.15, 0.2) is 0 Å². The van der Waals surface area contributed by atoms with E-state index in [1.54, 1.807) is 4.90 Å². The Bertz CT molecular complexity index is 443. The topological polar surface area (TPSA) is 58.6 Å². The van der Waals surface area contributed by atoms with Crippen molar-refractivity contribution in [3.63, 3.8) is 0 Å². The molecule has 1 heterocycles. The highest BCUT2D eigenvalue weighted by Crippen LogP contribution is 2.44. The maximum absolute atomic E-state index is 12.5. The molecule has 0 aromatic heterocycles. The average Bonchev–Trinajstić information content (AvgIpc) is 3.36. The van der Waals surface area contributed by atoms with Crippen LogP contribution in [0.4, 0.5) is 4.79 Å². The van der Waals surface area contributed by atoms with E-state index in [-0.39, 0.29) is 17.9 Å². The Kier molecular flexibility index (Phi) is 4.56. The van der Waals surface area contributed by atoms with Crippen LogP contribution in [0.5, 0.6) is 0 Å². The van der Waals surface area contributed by atoms with Crippen molar-refractivity contribution in [2.75, 3.05) is 13.1 Å². The minimum atomic E-state index is -0.465. The molecule has 0 bridgehead atoms. The van der Waals surface area contributed by atoms with Crippen molar-refractivity contribution >= 4 is 12.0 Å². The first-order valence-electron chi connectivity index (χ1n) is 9.12. The molecular formula is C18H30N2O3. The van der Waals surface area contributed by atoms with E-state index in [4.69, 9.17) is 4.74 Å². The molecule has 0 aromatic rings. The van der Waals surface area contributed by atoms with Gasteiger partial charge in [-0.2, -0.15) is 0 Å². The number of nitrogens with one attached hydrogen (secondary N) is 1. The second kappa shape index (κ2) is 6.33. The predicted octanol–water partition coefficient (Wildman–Crippen LogP) is 2.94. The molecule has 0 radical (unpaired) electrons. The third kappa shape index (κ3) is 4.61. The molecule has 5 nitrogen and oxygen atoms in total. The molecule has 2 aliphatic carbocycles. The smallest absolute Gasteiger partial charge is 0.410 e. The van der Waals surface area contributed by atoms with Gasteiger partial charge in [-0.3, -0.25) is 4.79 Å². The minimum Gasteiger partial charge on any atom is -0.444 e. The van der Waals surface area contributed by atoms with Crippen molar-refractivity contribution in [3.05, 3.63) is 0 Å². The van der Waals surface area contributed by atoms with Gasteiger partial charge >= 0.3 is 6.09 Å². The SMILES string of the molecule is CC(C)(C)OC(=O)N1CCC(C(=O)NC(C2CC2)C2CC2)CC1. The second-order valence-corrected chi connectivity index (χ2v) is 8.45. The molecule has 5 heteroatoms. The molecule has 0 unspecified atom stereocenters. The van der Waals surface area contributed by atoms with Gasteiger partial charge in [0, 0.05) is 25.0 Å². The maximum atomic E-state index is 12.5. The van der Waals surface area contributed by atoms with Crippen molar-refractivity contribution in [3.8, 4) is 0 Å². The largest absolute Gasteiger partial charge is 0.444 e. The lowest BCUT2D eigenvalue weighted by Crippen LogP contribution is -2.47. The molecule has 23 heavy (non-hydrogen) atoms. The van der Waals surface area contributed by atoms with E-state index < -0.39 is 5.60 Å². The average molecular weight is 322 g/mol. The number of amides is 2. The van der Waals surface area contributed by atoms with Crippen LogP contribution in [-0.2, 0) is 9.53 Å². The van der Waals surface area contributed by atoms with Gasteiger partial charge in [0.2, 0.25) is 5.91 Å². The summed E-state index contributed by atoms with van der Waals surface area (Å²) in [6.07, 6.45) is 6.33. The molecule has 0 atom stereocenters. The lowest BCUT2D eigenvalue weighted by Gasteiger charge is -2.33. The fourth-order valence-electron chi connectivity index (χ4n) is 3.46. The molecule has 3 aliphatic rings.